The zero-order valence-electron chi connectivity index (χ0n) is 25.9. The van der Waals surface area contributed by atoms with Crippen LogP contribution in [-0.2, 0) is 0 Å². The molecule has 0 saturated carbocycles. The molecule has 8 heteroatoms. The van der Waals surface area contributed by atoms with Crippen molar-refractivity contribution in [3.05, 3.63) is 114 Å². The third kappa shape index (κ3) is 6.81. The van der Waals surface area contributed by atoms with Crippen LogP contribution in [0.4, 0.5) is 0 Å². The number of rotatable bonds is 6. The molecule has 0 bridgehead atoms. The van der Waals surface area contributed by atoms with Crippen LogP contribution in [0, 0.1) is 0 Å². The molecule has 1 aromatic heterocycles. The quantitative estimate of drug-likeness (QED) is 0.305. The van der Waals surface area contributed by atoms with Crippen molar-refractivity contribution < 1.29 is 14.4 Å². The first kappa shape index (κ1) is 30.2. The topological polar surface area (TPSA) is 77.1 Å². The van der Waals surface area contributed by atoms with Crippen molar-refractivity contribution in [3.63, 3.8) is 0 Å². The molecular formula is C37H39N5O3. The second kappa shape index (κ2) is 13.4. The van der Waals surface area contributed by atoms with Gasteiger partial charge in [-0.25, -0.2) is 4.98 Å². The van der Waals surface area contributed by atoms with Gasteiger partial charge in [-0.2, -0.15) is 0 Å². The van der Waals surface area contributed by atoms with Gasteiger partial charge in [0.2, 0.25) is 0 Å². The van der Waals surface area contributed by atoms with E-state index >= 15 is 0 Å². The van der Waals surface area contributed by atoms with Crippen molar-refractivity contribution in [2.24, 2.45) is 0 Å². The number of piperazine rings is 1. The van der Waals surface area contributed by atoms with E-state index < -0.39 is 0 Å². The molecule has 0 N–H and O–H groups in total. The van der Waals surface area contributed by atoms with E-state index in [1.165, 1.54) is 4.90 Å². The smallest absolute Gasteiger partial charge is 0.254 e. The third-order valence-electron chi connectivity index (χ3n) is 8.87. The molecule has 2 aliphatic rings. The minimum Gasteiger partial charge on any atom is -0.345 e. The van der Waals surface area contributed by atoms with E-state index in [1.807, 2.05) is 82.6 Å². The normalized spacial score (nSPS) is 16.0. The van der Waals surface area contributed by atoms with E-state index in [1.54, 1.807) is 38.4 Å². The first-order valence-electron chi connectivity index (χ1n) is 15.6. The molecule has 0 atom stereocenters. The minimum atomic E-state index is -0.0775. The molecule has 0 spiro atoms. The van der Waals surface area contributed by atoms with Crippen LogP contribution in [0.3, 0.4) is 0 Å². The van der Waals surface area contributed by atoms with Gasteiger partial charge in [0.05, 0.1) is 11.4 Å². The molecule has 230 valence electrons. The zero-order chi connectivity index (χ0) is 31.3. The highest BCUT2D eigenvalue weighted by Gasteiger charge is 2.31. The molecule has 0 aliphatic carbocycles. The van der Waals surface area contributed by atoms with Crippen molar-refractivity contribution in [2.75, 3.05) is 53.4 Å². The third-order valence-corrected chi connectivity index (χ3v) is 8.87. The van der Waals surface area contributed by atoms with Gasteiger partial charge in [0.1, 0.15) is 0 Å². The fourth-order valence-electron chi connectivity index (χ4n) is 6.27. The van der Waals surface area contributed by atoms with E-state index in [2.05, 4.69) is 4.90 Å². The van der Waals surface area contributed by atoms with E-state index in [-0.39, 0.29) is 17.7 Å². The predicted octanol–water partition coefficient (Wildman–Crippen LogP) is 5.18. The lowest BCUT2D eigenvalue weighted by molar-refractivity contribution is 0.0412. The number of pyridine rings is 1. The fourth-order valence-corrected chi connectivity index (χ4v) is 6.27. The Bertz CT molecular complexity index is 1580. The second-order valence-electron chi connectivity index (χ2n) is 12.0. The van der Waals surface area contributed by atoms with E-state index in [9.17, 15) is 14.4 Å². The number of carbonyl (C=O) groups is 3. The monoisotopic (exact) mass is 601 g/mol. The molecule has 2 aliphatic heterocycles. The van der Waals surface area contributed by atoms with Crippen LogP contribution >= 0.6 is 0 Å². The number of nitrogens with zero attached hydrogens (tertiary/aromatic N) is 5. The van der Waals surface area contributed by atoms with E-state index in [0.29, 0.717) is 48.9 Å². The molecule has 8 nitrogen and oxygen atoms in total. The average molecular weight is 602 g/mol. The van der Waals surface area contributed by atoms with Crippen molar-refractivity contribution in [3.8, 4) is 22.5 Å². The number of piperidine rings is 1. The molecule has 0 unspecified atom stereocenters. The summed E-state index contributed by atoms with van der Waals surface area (Å²) in [6.45, 7) is 4.35. The van der Waals surface area contributed by atoms with Crippen molar-refractivity contribution >= 4 is 17.7 Å². The highest BCUT2D eigenvalue weighted by atomic mass is 16.2. The zero-order valence-corrected chi connectivity index (χ0v) is 25.9. The summed E-state index contributed by atoms with van der Waals surface area (Å²) in [5.41, 5.74) is 5.38. The number of likely N-dealkylation sites (tertiary alicyclic amines) is 1. The Balaban J connectivity index is 1.06. The van der Waals surface area contributed by atoms with Crippen LogP contribution in [0.2, 0.25) is 0 Å². The average Bonchev–Trinajstić information content (AvgIpc) is 3.11. The van der Waals surface area contributed by atoms with Crippen molar-refractivity contribution in [1.29, 1.82) is 0 Å². The molecule has 3 aromatic carbocycles. The Morgan fingerprint density at radius 2 is 1.07 bits per heavy atom. The minimum absolute atomic E-state index is 0.00909. The van der Waals surface area contributed by atoms with Crippen LogP contribution < -0.4 is 0 Å². The molecule has 2 saturated heterocycles. The molecule has 0 radical (unpaired) electrons. The lowest BCUT2D eigenvalue weighted by atomic mass is 10.0. The molecule has 3 amide bonds. The SMILES string of the molecule is CN(C)C(=O)c1ccc(C(=O)N2CCC(N3CCN(C(=O)c4cc(-c5ccccc5)nc(-c5ccccc5)c4)CC3)CC2)cc1. The van der Waals surface area contributed by atoms with E-state index in [0.717, 1.165) is 48.4 Å². The summed E-state index contributed by atoms with van der Waals surface area (Å²) >= 11 is 0. The lowest BCUT2D eigenvalue weighted by Gasteiger charge is -2.42. The van der Waals surface area contributed by atoms with E-state index in [4.69, 9.17) is 4.98 Å². The first-order valence-corrected chi connectivity index (χ1v) is 15.6. The summed E-state index contributed by atoms with van der Waals surface area (Å²) in [6.07, 6.45) is 1.81. The van der Waals surface area contributed by atoms with Crippen molar-refractivity contribution in [2.45, 2.75) is 18.9 Å². The van der Waals surface area contributed by atoms with Crippen LogP contribution in [0.1, 0.15) is 43.9 Å². The van der Waals surface area contributed by atoms with Crippen LogP contribution in [0.25, 0.3) is 22.5 Å². The van der Waals surface area contributed by atoms with Gasteiger partial charge in [-0.15, -0.1) is 0 Å². The summed E-state index contributed by atoms with van der Waals surface area (Å²) in [6, 6.07) is 31.1. The summed E-state index contributed by atoms with van der Waals surface area (Å²) < 4.78 is 0. The van der Waals surface area contributed by atoms with Crippen LogP contribution in [0.5, 0.6) is 0 Å². The highest BCUT2D eigenvalue weighted by molar-refractivity contribution is 5.98. The number of carbonyl (C=O) groups excluding carboxylic acids is 3. The molecule has 3 heterocycles. The second-order valence-corrected chi connectivity index (χ2v) is 12.0. The molecule has 6 rings (SSSR count). The van der Waals surface area contributed by atoms with Crippen LogP contribution in [-0.4, -0.2) is 102 Å². The number of amides is 3. The standard InChI is InChI=1S/C37H39N5O3/c1-39(2)35(43)29-13-15-30(16-14-29)36(44)41-19-17-32(18-20-41)40-21-23-42(24-22-40)37(45)31-25-33(27-9-5-3-6-10-27)38-34(26-31)28-11-7-4-8-12-28/h3-16,25-26,32H,17-24H2,1-2H3. The Morgan fingerprint density at radius 1 is 0.600 bits per heavy atom. The number of hydrogen-bond acceptors (Lipinski definition) is 5. The Morgan fingerprint density at radius 3 is 1.58 bits per heavy atom. The Kier molecular flexibility index (Phi) is 9.03. The van der Waals surface area contributed by atoms with Gasteiger partial charge in [0.25, 0.3) is 17.7 Å². The predicted molar refractivity (Wildman–Crippen MR) is 176 cm³/mol. The van der Waals surface area contributed by atoms with Crippen LogP contribution in [0.15, 0.2) is 97.1 Å². The summed E-state index contributed by atoms with van der Waals surface area (Å²) in [5, 5.41) is 0. The van der Waals surface area contributed by atoms with Gasteiger partial charge in [-0.05, 0) is 49.2 Å². The van der Waals surface area contributed by atoms with Gasteiger partial charge in [0.15, 0.2) is 0 Å². The first-order chi connectivity index (χ1) is 21.9. The Hall–Kier alpha value is -4.82. The van der Waals surface area contributed by atoms with Crippen molar-refractivity contribution in [1.82, 2.24) is 24.6 Å². The maximum atomic E-state index is 13.8. The molecule has 4 aromatic rings. The summed E-state index contributed by atoms with van der Waals surface area (Å²) in [4.78, 5) is 51.9. The number of aromatic nitrogens is 1. The lowest BCUT2D eigenvalue weighted by Crippen LogP contribution is -2.54. The molecule has 45 heavy (non-hydrogen) atoms. The van der Waals surface area contributed by atoms with Gasteiger partial charge >= 0.3 is 0 Å². The maximum Gasteiger partial charge on any atom is 0.254 e. The fraction of sp³-hybridized carbons (Fsp3) is 0.297. The van der Waals surface area contributed by atoms with Gasteiger partial charge in [-0.1, -0.05) is 60.7 Å². The Labute approximate surface area is 264 Å². The largest absolute Gasteiger partial charge is 0.345 e. The number of hydrogen-bond donors (Lipinski definition) is 0. The van der Waals surface area contributed by atoms with Gasteiger partial charge < -0.3 is 14.7 Å². The van der Waals surface area contributed by atoms with Gasteiger partial charge in [-0.3, -0.25) is 19.3 Å². The summed E-state index contributed by atoms with van der Waals surface area (Å²) in [5.74, 6) is -0.0359. The summed E-state index contributed by atoms with van der Waals surface area (Å²) in [7, 11) is 3.43. The highest BCUT2D eigenvalue weighted by Crippen LogP contribution is 2.27. The maximum absolute atomic E-state index is 13.8. The molecular weight excluding hydrogens is 562 g/mol. The van der Waals surface area contributed by atoms with Gasteiger partial charge in [0, 0.05) is 87.2 Å². The number of benzene rings is 3. The molecule has 2 fully saturated rings.